The summed E-state index contributed by atoms with van der Waals surface area (Å²) in [4.78, 5) is 4.31. The summed E-state index contributed by atoms with van der Waals surface area (Å²) < 4.78 is 7.76. The van der Waals surface area contributed by atoms with Crippen molar-refractivity contribution in [2.75, 3.05) is 13.2 Å². The number of hydrogen-bond acceptors (Lipinski definition) is 3. The summed E-state index contributed by atoms with van der Waals surface area (Å²) in [6.07, 6.45) is 6.20. The number of rotatable bonds is 4. The zero-order valence-corrected chi connectivity index (χ0v) is 12.7. The first-order valence-electron chi connectivity index (χ1n) is 7.20. The zero-order valence-electron chi connectivity index (χ0n) is 12.7. The Morgan fingerprint density at radius 2 is 2.05 bits per heavy atom. The van der Waals surface area contributed by atoms with Gasteiger partial charge in [0.1, 0.15) is 0 Å². The molecule has 1 aliphatic heterocycles. The third-order valence-electron chi connectivity index (χ3n) is 3.85. The van der Waals surface area contributed by atoms with Crippen molar-refractivity contribution < 1.29 is 4.74 Å². The molecule has 1 N–H and O–H groups in total. The van der Waals surface area contributed by atoms with Gasteiger partial charge < -0.3 is 14.6 Å². The summed E-state index contributed by atoms with van der Waals surface area (Å²) in [6.45, 7) is 12.6. The van der Waals surface area contributed by atoms with E-state index in [1.807, 2.05) is 12.5 Å². The van der Waals surface area contributed by atoms with Gasteiger partial charge in [-0.05, 0) is 39.0 Å². The number of nitrogens with zero attached hydrogens (tertiary/aromatic N) is 2. The Labute approximate surface area is 116 Å². The van der Waals surface area contributed by atoms with Crippen molar-refractivity contribution in [1.29, 1.82) is 0 Å². The van der Waals surface area contributed by atoms with Gasteiger partial charge >= 0.3 is 0 Å². The van der Waals surface area contributed by atoms with Crippen molar-refractivity contribution in [2.45, 2.75) is 59.2 Å². The highest BCUT2D eigenvalue weighted by molar-refractivity contribution is 5.00. The highest BCUT2D eigenvalue weighted by atomic mass is 16.5. The summed E-state index contributed by atoms with van der Waals surface area (Å²) in [5, 5.41) is 3.53. The largest absolute Gasteiger partial charge is 0.381 e. The molecule has 0 radical (unpaired) electrons. The van der Waals surface area contributed by atoms with E-state index in [-0.39, 0.29) is 5.54 Å². The molecule has 4 heteroatoms. The molecule has 0 amide bonds. The Morgan fingerprint density at radius 1 is 1.37 bits per heavy atom. The molecule has 1 aromatic rings. The van der Waals surface area contributed by atoms with Gasteiger partial charge in [0.15, 0.2) is 0 Å². The van der Waals surface area contributed by atoms with Crippen molar-refractivity contribution in [3.05, 3.63) is 18.2 Å². The van der Waals surface area contributed by atoms with Crippen LogP contribution < -0.4 is 5.32 Å². The molecule has 1 saturated heterocycles. The van der Waals surface area contributed by atoms with E-state index in [1.165, 1.54) is 5.69 Å². The molecule has 0 aromatic carbocycles. The van der Waals surface area contributed by atoms with Crippen LogP contribution in [0.3, 0.4) is 0 Å². The first-order chi connectivity index (χ1) is 8.88. The quantitative estimate of drug-likeness (QED) is 0.909. The van der Waals surface area contributed by atoms with E-state index >= 15 is 0 Å². The minimum atomic E-state index is 0.137. The van der Waals surface area contributed by atoms with Gasteiger partial charge in [0.25, 0.3) is 0 Å². The molecule has 0 aliphatic carbocycles. The minimum Gasteiger partial charge on any atom is -0.381 e. The maximum atomic E-state index is 5.47. The van der Waals surface area contributed by atoms with Crippen LogP contribution in [-0.2, 0) is 17.8 Å². The van der Waals surface area contributed by atoms with Crippen LogP contribution in [0.1, 0.15) is 46.2 Å². The average Bonchev–Trinajstić information content (AvgIpc) is 2.73. The van der Waals surface area contributed by atoms with Crippen LogP contribution in [-0.4, -0.2) is 28.3 Å². The molecular weight excluding hydrogens is 238 g/mol. The van der Waals surface area contributed by atoms with Crippen LogP contribution in [0.5, 0.6) is 0 Å². The summed E-state index contributed by atoms with van der Waals surface area (Å²) in [5.41, 5.74) is 1.75. The lowest BCUT2D eigenvalue weighted by Gasteiger charge is -2.34. The molecule has 0 spiro atoms. The van der Waals surface area contributed by atoms with Crippen LogP contribution >= 0.6 is 0 Å². The molecule has 0 saturated carbocycles. The Bertz CT molecular complexity index is 400. The van der Waals surface area contributed by atoms with Crippen molar-refractivity contribution in [3.8, 4) is 0 Å². The highest BCUT2D eigenvalue weighted by Crippen LogP contribution is 2.31. The second-order valence-corrected chi connectivity index (χ2v) is 7.04. The van der Waals surface area contributed by atoms with E-state index in [9.17, 15) is 0 Å². The highest BCUT2D eigenvalue weighted by Gasteiger charge is 2.28. The van der Waals surface area contributed by atoms with Crippen molar-refractivity contribution in [3.63, 3.8) is 0 Å². The lowest BCUT2D eigenvalue weighted by molar-refractivity contribution is 0.0151. The molecule has 19 heavy (non-hydrogen) atoms. The first kappa shape index (κ1) is 14.5. The summed E-state index contributed by atoms with van der Waals surface area (Å²) >= 11 is 0. The van der Waals surface area contributed by atoms with Crippen molar-refractivity contribution in [1.82, 2.24) is 14.9 Å². The Kier molecular flexibility index (Phi) is 4.31. The fraction of sp³-hybridized carbons (Fsp3) is 0.800. The van der Waals surface area contributed by atoms with Gasteiger partial charge in [-0.1, -0.05) is 6.92 Å². The number of hydrogen-bond donors (Lipinski definition) is 1. The van der Waals surface area contributed by atoms with Crippen LogP contribution in [0.4, 0.5) is 0 Å². The standard InChI is InChI=1S/C15H27N3O/c1-14(2,3)17-10-13-9-16-12-18(13)11-15(4)5-7-19-8-6-15/h9,12,17H,5-8,10-11H2,1-4H3. The van der Waals surface area contributed by atoms with E-state index in [2.05, 4.69) is 42.6 Å². The summed E-state index contributed by atoms with van der Waals surface area (Å²) in [5.74, 6) is 0. The van der Waals surface area contributed by atoms with Gasteiger partial charge in [0, 0.05) is 38.0 Å². The monoisotopic (exact) mass is 265 g/mol. The van der Waals surface area contributed by atoms with E-state index < -0.39 is 0 Å². The fourth-order valence-corrected chi connectivity index (χ4v) is 2.43. The van der Waals surface area contributed by atoms with E-state index in [4.69, 9.17) is 4.74 Å². The third kappa shape index (κ3) is 4.32. The second kappa shape index (κ2) is 5.63. The second-order valence-electron chi connectivity index (χ2n) is 7.04. The van der Waals surface area contributed by atoms with E-state index in [1.54, 1.807) is 0 Å². The van der Waals surface area contributed by atoms with Gasteiger partial charge in [-0.15, -0.1) is 0 Å². The van der Waals surface area contributed by atoms with Gasteiger partial charge in [-0.3, -0.25) is 0 Å². The van der Waals surface area contributed by atoms with Gasteiger partial charge in [0.2, 0.25) is 0 Å². The molecule has 2 rings (SSSR count). The molecule has 1 aliphatic rings. The number of imidazole rings is 1. The van der Waals surface area contributed by atoms with Crippen LogP contribution in [0, 0.1) is 5.41 Å². The van der Waals surface area contributed by atoms with Gasteiger partial charge in [-0.2, -0.15) is 0 Å². The summed E-state index contributed by atoms with van der Waals surface area (Å²) in [7, 11) is 0. The topological polar surface area (TPSA) is 39.1 Å². The SMILES string of the molecule is CC1(Cn2cncc2CNC(C)(C)C)CCOCC1. The van der Waals surface area contributed by atoms with Crippen LogP contribution in [0.25, 0.3) is 0 Å². The molecule has 0 unspecified atom stereocenters. The molecule has 0 bridgehead atoms. The van der Waals surface area contributed by atoms with Crippen LogP contribution in [0.15, 0.2) is 12.5 Å². The first-order valence-corrected chi connectivity index (χ1v) is 7.20. The normalized spacial score (nSPS) is 19.6. The number of nitrogens with one attached hydrogen (secondary N) is 1. The maximum absolute atomic E-state index is 5.47. The molecule has 1 aromatic heterocycles. The van der Waals surface area contributed by atoms with Gasteiger partial charge in [0.05, 0.1) is 12.0 Å². The fourth-order valence-electron chi connectivity index (χ4n) is 2.43. The van der Waals surface area contributed by atoms with Crippen molar-refractivity contribution in [2.24, 2.45) is 5.41 Å². The average molecular weight is 265 g/mol. The number of aromatic nitrogens is 2. The molecule has 1 fully saturated rings. The molecule has 2 heterocycles. The summed E-state index contributed by atoms with van der Waals surface area (Å²) in [6, 6.07) is 0. The van der Waals surface area contributed by atoms with Gasteiger partial charge in [-0.25, -0.2) is 4.98 Å². The molecule has 4 nitrogen and oxygen atoms in total. The Balaban J connectivity index is 1.99. The molecule has 0 atom stereocenters. The van der Waals surface area contributed by atoms with Crippen LogP contribution in [0.2, 0.25) is 0 Å². The minimum absolute atomic E-state index is 0.137. The predicted octanol–water partition coefficient (Wildman–Crippen LogP) is 2.59. The Hall–Kier alpha value is -0.870. The van der Waals surface area contributed by atoms with E-state index in [0.29, 0.717) is 5.41 Å². The number of ether oxygens (including phenoxy) is 1. The Morgan fingerprint density at radius 3 is 2.68 bits per heavy atom. The maximum Gasteiger partial charge on any atom is 0.0948 e. The smallest absolute Gasteiger partial charge is 0.0948 e. The lowest BCUT2D eigenvalue weighted by atomic mass is 9.82. The zero-order chi connectivity index (χ0) is 13.9. The predicted molar refractivity (Wildman–Crippen MR) is 77.0 cm³/mol. The van der Waals surface area contributed by atoms with Crippen molar-refractivity contribution >= 4 is 0 Å². The van der Waals surface area contributed by atoms with E-state index in [0.717, 1.165) is 39.1 Å². The lowest BCUT2D eigenvalue weighted by Crippen LogP contribution is -2.36. The molecule has 108 valence electrons. The third-order valence-corrected chi connectivity index (χ3v) is 3.85. The molecular formula is C15H27N3O.